The Bertz CT molecular complexity index is 315. The smallest absolute Gasteiger partial charge is 0.119 e. The van der Waals surface area contributed by atoms with Gasteiger partial charge in [0.15, 0.2) is 0 Å². The number of methoxy groups -OCH3 is 1. The first-order chi connectivity index (χ1) is 7.61. The van der Waals surface area contributed by atoms with Gasteiger partial charge in [-0.2, -0.15) is 11.8 Å². The highest BCUT2D eigenvalue weighted by Crippen LogP contribution is 2.16. The molecule has 1 unspecified atom stereocenters. The molecule has 0 heterocycles. The molecule has 0 aliphatic heterocycles. The topological polar surface area (TPSA) is 35.2 Å². The molecule has 1 aromatic rings. The zero-order valence-electron chi connectivity index (χ0n) is 10.3. The van der Waals surface area contributed by atoms with Crippen molar-refractivity contribution in [3.05, 3.63) is 29.8 Å². The van der Waals surface area contributed by atoms with Crippen LogP contribution >= 0.6 is 11.8 Å². The van der Waals surface area contributed by atoms with Crippen LogP contribution in [-0.2, 0) is 6.42 Å². The van der Waals surface area contributed by atoms with Crippen molar-refractivity contribution < 1.29 is 4.74 Å². The van der Waals surface area contributed by atoms with Crippen molar-refractivity contribution in [2.75, 3.05) is 12.9 Å². The van der Waals surface area contributed by atoms with Gasteiger partial charge >= 0.3 is 0 Å². The summed E-state index contributed by atoms with van der Waals surface area (Å²) in [6, 6.07) is 8.34. The number of thioether (sulfide) groups is 1. The first kappa shape index (κ1) is 13.4. The van der Waals surface area contributed by atoms with Gasteiger partial charge in [0, 0.05) is 11.8 Å². The second-order valence-corrected chi connectivity index (χ2v) is 5.81. The van der Waals surface area contributed by atoms with Crippen LogP contribution in [0.15, 0.2) is 24.3 Å². The Balaban J connectivity index is 2.45. The van der Waals surface area contributed by atoms with Gasteiger partial charge in [-0.3, -0.25) is 0 Å². The van der Waals surface area contributed by atoms with E-state index in [4.69, 9.17) is 10.5 Å². The number of hydrogen-bond donors (Lipinski definition) is 1. The molecule has 0 aliphatic carbocycles. The third-order valence-electron chi connectivity index (χ3n) is 2.28. The van der Waals surface area contributed by atoms with Crippen LogP contribution in [-0.4, -0.2) is 24.2 Å². The molecule has 0 saturated carbocycles. The Morgan fingerprint density at radius 1 is 1.38 bits per heavy atom. The van der Waals surface area contributed by atoms with E-state index in [9.17, 15) is 0 Å². The Kier molecular flexibility index (Phi) is 5.71. The lowest BCUT2D eigenvalue weighted by Gasteiger charge is -2.13. The number of nitrogens with two attached hydrogens (primary N) is 1. The molecule has 90 valence electrons. The van der Waals surface area contributed by atoms with E-state index in [1.54, 1.807) is 7.11 Å². The number of hydrogen-bond acceptors (Lipinski definition) is 3. The Morgan fingerprint density at radius 2 is 2.12 bits per heavy atom. The highest BCUT2D eigenvalue weighted by molar-refractivity contribution is 7.99. The van der Waals surface area contributed by atoms with Gasteiger partial charge in [0.2, 0.25) is 0 Å². The lowest BCUT2D eigenvalue weighted by Crippen LogP contribution is -2.26. The van der Waals surface area contributed by atoms with Crippen LogP contribution in [0.4, 0.5) is 0 Å². The molecular weight excluding hydrogens is 218 g/mol. The largest absolute Gasteiger partial charge is 0.497 e. The van der Waals surface area contributed by atoms with E-state index in [0.29, 0.717) is 5.25 Å². The summed E-state index contributed by atoms with van der Waals surface area (Å²) in [5, 5.41) is 0.649. The molecule has 0 saturated heterocycles. The third-order valence-corrected chi connectivity index (χ3v) is 3.56. The Hall–Kier alpha value is -0.670. The first-order valence-electron chi connectivity index (χ1n) is 5.62. The van der Waals surface area contributed by atoms with Gasteiger partial charge in [0.1, 0.15) is 5.75 Å². The number of benzene rings is 1. The Labute approximate surface area is 103 Å². The molecule has 16 heavy (non-hydrogen) atoms. The predicted molar refractivity (Wildman–Crippen MR) is 72.3 cm³/mol. The van der Waals surface area contributed by atoms with Gasteiger partial charge in [-0.05, 0) is 29.4 Å². The van der Waals surface area contributed by atoms with Crippen molar-refractivity contribution in [1.82, 2.24) is 0 Å². The van der Waals surface area contributed by atoms with Crippen molar-refractivity contribution in [3.8, 4) is 5.75 Å². The van der Waals surface area contributed by atoms with Crippen LogP contribution in [0.1, 0.15) is 19.4 Å². The molecule has 0 aliphatic rings. The highest BCUT2D eigenvalue weighted by Gasteiger charge is 2.06. The van der Waals surface area contributed by atoms with Crippen LogP contribution in [0.2, 0.25) is 0 Å². The lowest BCUT2D eigenvalue weighted by molar-refractivity contribution is 0.414. The second kappa shape index (κ2) is 6.81. The van der Waals surface area contributed by atoms with Crippen LogP contribution < -0.4 is 10.5 Å². The van der Waals surface area contributed by atoms with E-state index in [2.05, 4.69) is 26.0 Å². The summed E-state index contributed by atoms with van der Waals surface area (Å²) in [5.41, 5.74) is 7.33. The molecule has 2 N–H and O–H groups in total. The molecule has 3 heteroatoms. The summed E-state index contributed by atoms with van der Waals surface area (Å²) in [7, 11) is 1.69. The summed E-state index contributed by atoms with van der Waals surface area (Å²) >= 11 is 1.91. The van der Waals surface area contributed by atoms with Crippen LogP contribution in [0.25, 0.3) is 0 Å². The van der Waals surface area contributed by atoms with Crippen LogP contribution in [0.3, 0.4) is 0 Å². The minimum absolute atomic E-state index is 0.222. The third kappa shape index (κ3) is 4.90. The zero-order chi connectivity index (χ0) is 12.0. The molecule has 0 bridgehead atoms. The fraction of sp³-hybridized carbons (Fsp3) is 0.538. The van der Waals surface area contributed by atoms with E-state index in [-0.39, 0.29) is 6.04 Å². The van der Waals surface area contributed by atoms with Gasteiger partial charge in [-0.15, -0.1) is 0 Å². The van der Waals surface area contributed by atoms with Gasteiger partial charge in [-0.1, -0.05) is 26.0 Å². The maximum absolute atomic E-state index is 6.08. The van der Waals surface area contributed by atoms with E-state index < -0.39 is 0 Å². The molecule has 0 amide bonds. The van der Waals surface area contributed by atoms with Gasteiger partial charge in [0.25, 0.3) is 0 Å². The zero-order valence-corrected chi connectivity index (χ0v) is 11.1. The molecule has 0 fully saturated rings. The van der Waals surface area contributed by atoms with Crippen molar-refractivity contribution in [1.29, 1.82) is 0 Å². The average molecular weight is 239 g/mol. The fourth-order valence-electron chi connectivity index (χ4n) is 1.48. The molecule has 1 aromatic carbocycles. The van der Waals surface area contributed by atoms with Crippen LogP contribution in [0, 0.1) is 0 Å². The summed E-state index contributed by atoms with van der Waals surface area (Å²) < 4.78 is 5.19. The Morgan fingerprint density at radius 3 is 2.75 bits per heavy atom. The van der Waals surface area contributed by atoms with E-state index >= 15 is 0 Å². The first-order valence-corrected chi connectivity index (χ1v) is 6.66. The molecular formula is C13H21NOS. The van der Waals surface area contributed by atoms with Gasteiger partial charge in [-0.25, -0.2) is 0 Å². The normalized spacial score (nSPS) is 12.8. The summed E-state index contributed by atoms with van der Waals surface area (Å²) in [5.74, 6) is 1.91. The van der Waals surface area contributed by atoms with Crippen molar-refractivity contribution >= 4 is 11.8 Å². The fourth-order valence-corrected chi connectivity index (χ4v) is 2.23. The molecule has 0 aromatic heterocycles. The number of ether oxygens (including phenoxy) is 1. The van der Waals surface area contributed by atoms with E-state index in [1.807, 2.05) is 23.9 Å². The quantitative estimate of drug-likeness (QED) is 0.829. The maximum atomic E-state index is 6.08. The number of rotatable bonds is 6. The average Bonchev–Trinajstić information content (AvgIpc) is 2.26. The molecule has 1 atom stereocenters. The standard InChI is InChI=1S/C13H21NOS/c1-10(2)16-9-12(14)7-11-5-4-6-13(8-11)15-3/h4-6,8,10,12H,7,9,14H2,1-3H3. The van der Waals surface area contributed by atoms with Gasteiger partial charge in [0.05, 0.1) is 7.11 Å². The van der Waals surface area contributed by atoms with Gasteiger partial charge < -0.3 is 10.5 Å². The van der Waals surface area contributed by atoms with E-state index in [1.165, 1.54) is 5.56 Å². The van der Waals surface area contributed by atoms with Crippen molar-refractivity contribution in [2.45, 2.75) is 31.6 Å². The SMILES string of the molecule is COc1cccc(CC(N)CSC(C)C)c1. The summed E-state index contributed by atoms with van der Waals surface area (Å²) in [6.45, 7) is 4.39. The van der Waals surface area contributed by atoms with Crippen molar-refractivity contribution in [2.24, 2.45) is 5.73 Å². The monoisotopic (exact) mass is 239 g/mol. The minimum Gasteiger partial charge on any atom is -0.497 e. The highest BCUT2D eigenvalue weighted by atomic mass is 32.2. The molecule has 0 radical (unpaired) electrons. The van der Waals surface area contributed by atoms with Crippen LogP contribution in [0.5, 0.6) is 5.75 Å². The lowest BCUT2D eigenvalue weighted by atomic mass is 10.1. The molecule has 2 nitrogen and oxygen atoms in total. The van der Waals surface area contributed by atoms with Crippen molar-refractivity contribution in [3.63, 3.8) is 0 Å². The summed E-state index contributed by atoms with van der Waals surface area (Å²) in [6.07, 6.45) is 0.914. The summed E-state index contributed by atoms with van der Waals surface area (Å²) in [4.78, 5) is 0. The molecule has 1 rings (SSSR count). The minimum atomic E-state index is 0.222. The predicted octanol–water partition coefficient (Wildman–Crippen LogP) is 2.71. The second-order valence-electron chi connectivity index (χ2n) is 4.20. The van der Waals surface area contributed by atoms with E-state index in [0.717, 1.165) is 17.9 Å². The molecule has 0 spiro atoms. The maximum Gasteiger partial charge on any atom is 0.119 e.